The first-order chi connectivity index (χ1) is 12.1. The first-order valence-corrected chi connectivity index (χ1v) is 9.35. The lowest BCUT2D eigenvalue weighted by Crippen LogP contribution is -2.54. The highest BCUT2D eigenvalue weighted by atomic mass is 79.9. The van der Waals surface area contributed by atoms with Gasteiger partial charge in [-0.2, -0.15) is 0 Å². The average Bonchev–Trinajstić information content (AvgIpc) is 2.60. The lowest BCUT2D eigenvalue weighted by molar-refractivity contribution is -0.139. The maximum absolute atomic E-state index is 11.1. The van der Waals surface area contributed by atoms with Crippen LogP contribution in [0.25, 0.3) is 0 Å². The summed E-state index contributed by atoms with van der Waals surface area (Å²) in [5.74, 6) is -0.759. The van der Waals surface area contributed by atoms with Crippen molar-refractivity contribution in [3.63, 3.8) is 0 Å². The third kappa shape index (κ3) is 4.29. The number of hydrogen-bond donors (Lipinski definition) is 1. The topological polar surface area (TPSA) is 43.8 Å². The van der Waals surface area contributed by atoms with E-state index in [4.69, 9.17) is 5.11 Å². The Bertz CT molecular complexity index is 723. The number of hydrogen-bond acceptors (Lipinski definition) is 3. The Kier molecular flexibility index (Phi) is 5.89. The molecule has 1 aliphatic heterocycles. The summed E-state index contributed by atoms with van der Waals surface area (Å²) in [6.07, 6.45) is 0. The van der Waals surface area contributed by atoms with Crippen LogP contribution in [-0.2, 0) is 4.79 Å². The fraction of sp³-hybridized carbons (Fsp3) is 0.350. The van der Waals surface area contributed by atoms with E-state index in [1.165, 1.54) is 11.1 Å². The molecule has 1 unspecified atom stereocenters. The van der Waals surface area contributed by atoms with Crippen LogP contribution >= 0.6 is 15.9 Å². The van der Waals surface area contributed by atoms with Gasteiger partial charge < -0.3 is 5.11 Å². The molecule has 0 aromatic heterocycles. The number of aliphatic carboxylic acids is 1. The summed E-state index contributed by atoms with van der Waals surface area (Å²) in [6, 6.07) is 19.2. The molecule has 1 saturated heterocycles. The Hall–Kier alpha value is -1.69. The zero-order valence-electron chi connectivity index (χ0n) is 14.3. The van der Waals surface area contributed by atoms with Gasteiger partial charge >= 0.3 is 5.97 Å². The molecule has 132 valence electrons. The van der Waals surface area contributed by atoms with Gasteiger partial charge in [0.05, 0.1) is 12.6 Å². The number of halogens is 1. The van der Waals surface area contributed by atoms with Crippen LogP contribution in [0.5, 0.6) is 0 Å². The van der Waals surface area contributed by atoms with Crippen LogP contribution in [0.3, 0.4) is 0 Å². The van der Waals surface area contributed by atoms with Gasteiger partial charge in [-0.1, -0.05) is 64.5 Å². The van der Waals surface area contributed by atoms with Crippen LogP contribution in [0.2, 0.25) is 0 Å². The van der Waals surface area contributed by atoms with Crippen LogP contribution in [-0.4, -0.2) is 53.1 Å². The first-order valence-electron chi connectivity index (χ1n) is 8.55. The van der Waals surface area contributed by atoms with Crippen LogP contribution in [0.1, 0.15) is 24.1 Å². The van der Waals surface area contributed by atoms with Gasteiger partial charge in [-0.3, -0.25) is 14.6 Å². The molecule has 3 rings (SSSR count). The molecule has 0 amide bonds. The average molecular weight is 403 g/mol. The standard InChI is InChI=1S/C20H23BrN2O2/c1-15-13-23(12-11-22(15)14-19(24)25)20(16-7-3-2-4-8-16)17-9-5-6-10-18(17)21/h2-10,15,20H,11-14H2,1H3,(H,24,25)/t15-,20?/m1/s1. The number of carboxylic acids is 1. The summed E-state index contributed by atoms with van der Waals surface area (Å²) in [6.45, 7) is 4.67. The van der Waals surface area contributed by atoms with Crippen LogP contribution in [0.15, 0.2) is 59.1 Å². The molecule has 1 aliphatic rings. The maximum Gasteiger partial charge on any atom is 0.317 e. The van der Waals surface area contributed by atoms with Gasteiger partial charge in [-0.05, 0) is 24.1 Å². The van der Waals surface area contributed by atoms with Crippen LogP contribution in [0, 0.1) is 0 Å². The normalized spacial score (nSPS) is 20.3. The summed E-state index contributed by atoms with van der Waals surface area (Å²) < 4.78 is 1.10. The molecule has 25 heavy (non-hydrogen) atoms. The molecular weight excluding hydrogens is 380 g/mol. The van der Waals surface area contributed by atoms with Crippen molar-refractivity contribution in [1.82, 2.24) is 9.80 Å². The van der Waals surface area contributed by atoms with E-state index in [0.717, 1.165) is 24.1 Å². The Morgan fingerprint density at radius 1 is 1.16 bits per heavy atom. The van der Waals surface area contributed by atoms with Crippen molar-refractivity contribution in [2.75, 3.05) is 26.2 Å². The summed E-state index contributed by atoms with van der Waals surface area (Å²) in [4.78, 5) is 15.6. The van der Waals surface area contributed by atoms with E-state index in [-0.39, 0.29) is 18.6 Å². The molecule has 0 radical (unpaired) electrons. The lowest BCUT2D eigenvalue weighted by atomic mass is 9.95. The van der Waals surface area contributed by atoms with Crippen molar-refractivity contribution >= 4 is 21.9 Å². The Morgan fingerprint density at radius 3 is 2.48 bits per heavy atom. The molecule has 2 aromatic carbocycles. The van der Waals surface area contributed by atoms with E-state index in [2.05, 4.69) is 70.2 Å². The highest BCUT2D eigenvalue weighted by Gasteiger charge is 2.31. The van der Waals surface area contributed by atoms with Crippen molar-refractivity contribution in [2.45, 2.75) is 19.0 Å². The highest BCUT2D eigenvalue weighted by Crippen LogP contribution is 2.34. The van der Waals surface area contributed by atoms with Gasteiger partial charge in [-0.15, -0.1) is 0 Å². The molecule has 0 aliphatic carbocycles. The fourth-order valence-corrected chi connectivity index (χ4v) is 4.09. The molecule has 0 bridgehead atoms. The van der Waals surface area contributed by atoms with Gasteiger partial charge in [0.1, 0.15) is 0 Å². The Labute approximate surface area is 157 Å². The van der Waals surface area contributed by atoms with Crippen LogP contribution in [0.4, 0.5) is 0 Å². The van der Waals surface area contributed by atoms with Gasteiger partial charge in [0, 0.05) is 30.1 Å². The second-order valence-electron chi connectivity index (χ2n) is 6.54. The second kappa shape index (κ2) is 8.13. The summed E-state index contributed by atoms with van der Waals surface area (Å²) >= 11 is 3.71. The number of piperazine rings is 1. The van der Waals surface area contributed by atoms with Crippen molar-refractivity contribution in [1.29, 1.82) is 0 Å². The number of benzene rings is 2. The number of rotatable bonds is 5. The van der Waals surface area contributed by atoms with Crippen molar-refractivity contribution in [3.05, 3.63) is 70.2 Å². The van der Waals surface area contributed by atoms with E-state index >= 15 is 0 Å². The van der Waals surface area contributed by atoms with Crippen LogP contribution < -0.4 is 0 Å². The Morgan fingerprint density at radius 2 is 1.84 bits per heavy atom. The van der Waals surface area contributed by atoms with Gasteiger partial charge in [0.25, 0.3) is 0 Å². The molecule has 0 saturated carbocycles. The lowest BCUT2D eigenvalue weighted by Gasteiger charge is -2.43. The summed E-state index contributed by atoms with van der Waals surface area (Å²) in [7, 11) is 0. The monoisotopic (exact) mass is 402 g/mol. The van der Waals surface area contributed by atoms with Gasteiger partial charge in [0.2, 0.25) is 0 Å². The van der Waals surface area contributed by atoms with Crippen molar-refractivity contribution < 1.29 is 9.90 Å². The van der Waals surface area contributed by atoms with E-state index in [9.17, 15) is 4.79 Å². The largest absolute Gasteiger partial charge is 0.480 e. The molecule has 1 N–H and O–H groups in total. The van der Waals surface area contributed by atoms with Crippen molar-refractivity contribution in [3.8, 4) is 0 Å². The summed E-state index contributed by atoms with van der Waals surface area (Å²) in [5, 5.41) is 9.09. The molecule has 5 heteroatoms. The number of carboxylic acid groups (broad SMARTS) is 1. The first kappa shape index (κ1) is 18.1. The molecule has 2 aromatic rings. The number of carbonyl (C=O) groups is 1. The molecule has 1 fully saturated rings. The smallest absolute Gasteiger partial charge is 0.317 e. The fourth-order valence-electron chi connectivity index (χ4n) is 3.59. The van der Waals surface area contributed by atoms with Crippen molar-refractivity contribution in [2.24, 2.45) is 0 Å². The quantitative estimate of drug-likeness (QED) is 0.828. The van der Waals surface area contributed by atoms with Gasteiger partial charge in [-0.25, -0.2) is 0 Å². The summed E-state index contributed by atoms with van der Waals surface area (Å²) in [5.41, 5.74) is 2.50. The number of nitrogens with zero attached hydrogens (tertiary/aromatic N) is 2. The Balaban J connectivity index is 1.89. The van der Waals surface area contributed by atoms with E-state index in [1.54, 1.807) is 0 Å². The van der Waals surface area contributed by atoms with E-state index < -0.39 is 5.97 Å². The second-order valence-corrected chi connectivity index (χ2v) is 7.40. The zero-order valence-corrected chi connectivity index (χ0v) is 15.9. The molecular formula is C20H23BrN2O2. The minimum atomic E-state index is -0.759. The molecule has 4 nitrogen and oxygen atoms in total. The minimum absolute atomic E-state index is 0.111. The molecule has 2 atom stereocenters. The zero-order chi connectivity index (χ0) is 17.8. The van der Waals surface area contributed by atoms with E-state index in [1.807, 2.05) is 17.0 Å². The van der Waals surface area contributed by atoms with Gasteiger partial charge in [0.15, 0.2) is 0 Å². The minimum Gasteiger partial charge on any atom is -0.480 e. The maximum atomic E-state index is 11.1. The third-order valence-corrected chi connectivity index (χ3v) is 5.54. The SMILES string of the molecule is C[C@@H]1CN(C(c2ccccc2)c2ccccc2Br)CCN1CC(=O)O. The van der Waals surface area contributed by atoms with E-state index in [0.29, 0.717) is 0 Å². The predicted octanol–water partition coefficient (Wildman–Crippen LogP) is 3.63. The third-order valence-electron chi connectivity index (χ3n) is 4.82. The molecule has 1 heterocycles. The predicted molar refractivity (Wildman–Crippen MR) is 103 cm³/mol. The highest BCUT2D eigenvalue weighted by molar-refractivity contribution is 9.10. The molecule has 0 spiro atoms.